The molecule has 1 rings (SSSR count). The molecule has 1 unspecified atom stereocenters. The van der Waals surface area contributed by atoms with Crippen LogP contribution in [0.4, 0.5) is 5.69 Å². The number of amides is 1. The summed E-state index contributed by atoms with van der Waals surface area (Å²) in [5.41, 5.74) is 0.527. The molecule has 6 heteroatoms. The molecule has 0 saturated heterocycles. The van der Waals surface area contributed by atoms with E-state index in [1.165, 1.54) is 7.11 Å². The second-order valence-corrected chi connectivity index (χ2v) is 4.19. The Balaban J connectivity index is 2.69. The summed E-state index contributed by atoms with van der Waals surface area (Å²) in [6.07, 6.45) is -0.278. The van der Waals surface area contributed by atoms with Crippen LogP contribution in [-0.2, 0) is 14.3 Å². The normalized spacial score (nSPS) is 11.9. The van der Waals surface area contributed by atoms with Crippen molar-refractivity contribution in [2.45, 2.75) is 6.42 Å². The summed E-state index contributed by atoms with van der Waals surface area (Å²) in [4.78, 5) is 22.5. The Morgan fingerprint density at radius 3 is 2.78 bits per heavy atom. The molecule has 0 aliphatic carbocycles. The van der Waals surface area contributed by atoms with Crippen LogP contribution >= 0.6 is 11.6 Å². The Kier molecular flexibility index (Phi) is 5.61. The van der Waals surface area contributed by atoms with E-state index in [0.717, 1.165) is 0 Å². The van der Waals surface area contributed by atoms with Crippen molar-refractivity contribution < 1.29 is 19.4 Å². The Hall–Kier alpha value is -1.59. The zero-order valence-corrected chi connectivity index (χ0v) is 10.6. The lowest BCUT2D eigenvalue weighted by molar-refractivity contribution is -0.141. The van der Waals surface area contributed by atoms with E-state index in [2.05, 4.69) is 5.32 Å². The van der Waals surface area contributed by atoms with Crippen LogP contribution in [0.1, 0.15) is 6.42 Å². The number of carbonyl (C=O) groups excluding carboxylic acids is 1. The fourth-order valence-electron chi connectivity index (χ4n) is 1.45. The van der Waals surface area contributed by atoms with Crippen LogP contribution < -0.4 is 5.32 Å². The van der Waals surface area contributed by atoms with E-state index in [-0.39, 0.29) is 13.0 Å². The van der Waals surface area contributed by atoms with Crippen molar-refractivity contribution in [3.63, 3.8) is 0 Å². The number of carbonyl (C=O) groups is 2. The van der Waals surface area contributed by atoms with Gasteiger partial charge in [0.25, 0.3) is 0 Å². The van der Waals surface area contributed by atoms with Crippen molar-refractivity contribution >= 4 is 29.2 Å². The van der Waals surface area contributed by atoms with E-state index in [9.17, 15) is 9.59 Å². The number of carboxylic acid groups (broad SMARTS) is 1. The Bertz CT molecular complexity index is 436. The molecular formula is C12H14ClNO4. The number of ether oxygens (including phenoxy) is 1. The van der Waals surface area contributed by atoms with Crippen molar-refractivity contribution in [3.8, 4) is 0 Å². The molecule has 1 atom stereocenters. The number of nitrogens with one attached hydrogen (secondary N) is 1. The fourth-order valence-corrected chi connectivity index (χ4v) is 1.64. The average molecular weight is 272 g/mol. The maximum absolute atomic E-state index is 11.9. The smallest absolute Gasteiger partial charge is 0.304 e. The predicted molar refractivity (Wildman–Crippen MR) is 67.7 cm³/mol. The van der Waals surface area contributed by atoms with E-state index in [1.807, 2.05) is 0 Å². The second-order valence-electron chi connectivity index (χ2n) is 3.75. The summed E-state index contributed by atoms with van der Waals surface area (Å²) >= 11 is 5.78. The van der Waals surface area contributed by atoms with Crippen LogP contribution in [0.2, 0.25) is 5.02 Å². The van der Waals surface area contributed by atoms with Gasteiger partial charge in [-0.1, -0.05) is 17.7 Å². The topological polar surface area (TPSA) is 75.6 Å². The molecule has 1 aromatic carbocycles. The first-order valence-electron chi connectivity index (χ1n) is 5.30. The van der Waals surface area contributed by atoms with Gasteiger partial charge in [-0.15, -0.1) is 0 Å². The molecule has 18 heavy (non-hydrogen) atoms. The molecule has 0 bridgehead atoms. The summed E-state index contributed by atoms with van der Waals surface area (Å²) in [6, 6.07) is 6.64. The van der Waals surface area contributed by atoms with Gasteiger partial charge in [-0.2, -0.15) is 0 Å². The number of aliphatic carboxylic acids is 1. The number of hydrogen-bond acceptors (Lipinski definition) is 3. The van der Waals surface area contributed by atoms with Crippen LogP contribution in [0, 0.1) is 5.92 Å². The molecule has 0 heterocycles. The summed E-state index contributed by atoms with van der Waals surface area (Å²) in [5.74, 6) is -2.17. The second kappa shape index (κ2) is 6.98. The van der Waals surface area contributed by atoms with Crippen molar-refractivity contribution in [1.82, 2.24) is 0 Å². The van der Waals surface area contributed by atoms with E-state index in [4.69, 9.17) is 21.4 Å². The lowest BCUT2D eigenvalue weighted by Crippen LogP contribution is -2.28. The minimum Gasteiger partial charge on any atom is -0.481 e. The third-order valence-electron chi connectivity index (χ3n) is 2.25. The van der Waals surface area contributed by atoms with Crippen LogP contribution in [0.5, 0.6) is 0 Å². The highest BCUT2D eigenvalue weighted by Crippen LogP contribution is 2.16. The molecule has 98 valence electrons. The van der Waals surface area contributed by atoms with Crippen molar-refractivity contribution in [3.05, 3.63) is 29.3 Å². The summed E-state index contributed by atoms with van der Waals surface area (Å²) in [7, 11) is 1.42. The Morgan fingerprint density at radius 2 is 2.22 bits per heavy atom. The van der Waals surface area contributed by atoms with Gasteiger partial charge in [-0.25, -0.2) is 0 Å². The number of rotatable bonds is 6. The molecule has 2 N–H and O–H groups in total. The highest BCUT2D eigenvalue weighted by molar-refractivity contribution is 6.30. The van der Waals surface area contributed by atoms with Crippen LogP contribution in [0.25, 0.3) is 0 Å². The maximum Gasteiger partial charge on any atom is 0.304 e. The number of methoxy groups -OCH3 is 1. The molecule has 1 amide bonds. The first-order chi connectivity index (χ1) is 8.52. The van der Waals surface area contributed by atoms with E-state index >= 15 is 0 Å². The lowest BCUT2D eigenvalue weighted by atomic mass is 10.1. The molecule has 0 spiro atoms. The van der Waals surface area contributed by atoms with Gasteiger partial charge in [-0.3, -0.25) is 9.59 Å². The zero-order chi connectivity index (χ0) is 13.5. The molecule has 0 aliphatic heterocycles. The van der Waals surface area contributed by atoms with Crippen LogP contribution in [0.15, 0.2) is 24.3 Å². The molecule has 0 aromatic heterocycles. The Labute approximate surface area is 110 Å². The zero-order valence-electron chi connectivity index (χ0n) is 9.85. The SMILES string of the molecule is COCC(CC(=O)O)C(=O)Nc1cccc(Cl)c1. The molecular weight excluding hydrogens is 258 g/mol. The van der Waals surface area contributed by atoms with Gasteiger partial charge in [0.2, 0.25) is 5.91 Å². The van der Waals surface area contributed by atoms with Gasteiger partial charge < -0.3 is 15.2 Å². The Morgan fingerprint density at radius 1 is 1.50 bits per heavy atom. The standard InChI is InChI=1S/C12H14ClNO4/c1-18-7-8(5-11(15)16)12(17)14-10-4-2-3-9(13)6-10/h2-4,6,8H,5,7H2,1H3,(H,14,17)(H,15,16). The number of carboxylic acids is 1. The van der Waals surface area contributed by atoms with Crippen molar-refractivity contribution in [1.29, 1.82) is 0 Å². The number of halogens is 1. The van der Waals surface area contributed by atoms with Crippen molar-refractivity contribution in [2.75, 3.05) is 19.0 Å². The third-order valence-corrected chi connectivity index (χ3v) is 2.49. The van der Waals surface area contributed by atoms with Gasteiger partial charge in [0, 0.05) is 17.8 Å². The monoisotopic (exact) mass is 271 g/mol. The number of anilines is 1. The van der Waals surface area contributed by atoms with Gasteiger partial charge in [0.05, 0.1) is 18.9 Å². The van der Waals surface area contributed by atoms with Gasteiger partial charge in [0.15, 0.2) is 0 Å². The third kappa shape index (κ3) is 4.73. The molecule has 0 aliphatic rings. The summed E-state index contributed by atoms with van der Waals surface area (Å²) in [6.45, 7) is 0.0543. The minimum atomic E-state index is -1.04. The lowest BCUT2D eigenvalue weighted by Gasteiger charge is -2.14. The van der Waals surface area contributed by atoms with E-state index in [0.29, 0.717) is 10.7 Å². The van der Waals surface area contributed by atoms with Crippen LogP contribution in [-0.4, -0.2) is 30.7 Å². The molecule has 1 aromatic rings. The molecule has 0 saturated carbocycles. The van der Waals surface area contributed by atoms with Crippen LogP contribution in [0.3, 0.4) is 0 Å². The van der Waals surface area contributed by atoms with E-state index < -0.39 is 17.8 Å². The van der Waals surface area contributed by atoms with Gasteiger partial charge >= 0.3 is 5.97 Å². The highest BCUT2D eigenvalue weighted by Gasteiger charge is 2.21. The van der Waals surface area contributed by atoms with Crippen molar-refractivity contribution in [2.24, 2.45) is 5.92 Å². The number of benzene rings is 1. The minimum absolute atomic E-state index is 0.0543. The largest absolute Gasteiger partial charge is 0.481 e. The highest BCUT2D eigenvalue weighted by atomic mass is 35.5. The quantitative estimate of drug-likeness (QED) is 0.830. The molecule has 5 nitrogen and oxygen atoms in total. The first-order valence-corrected chi connectivity index (χ1v) is 5.68. The maximum atomic E-state index is 11.9. The fraction of sp³-hybridized carbons (Fsp3) is 0.333. The summed E-state index contributed by atoms with van der Waals surface area (Å²) < 4.78 is 4.84. The van der Waals surface area contributed by atoms with Gasteiger partial charge in [0.1, 0.15) is 0 Å². The first kappa shape index (κ1) is 14.5. The van der Waals surface area contributed by atoms with E-state index in [1.54, 1.807) is 24.3 Å². The summed E-state index contributed by atoms with van der Waals surface area (Å²) in [5, 5.41) is 11.8. The molecule has 0 radical (unpaired) electrons. The number of hydrogen-bond donors (Lipinski definition) is 2. The average Bonchev–Trinajstić information content (AvgIpc) is 2.27. The molecule has 0 fully saturated rings. The predicted octanol–water partition coefficient (Wildman–Crippen LogP) is 2.02. The van der Waals surface area contributed by atoms with Gasteiger partial charge in [-0.05, 0) is 18.2 Å².